The molecule has 0 fully saturated rings. The first-order chi connectivity index (χ1) is 7.60. The SMILES string of the molecule is C#CC(C)Nc1cnn(CCO)c(=O)c1Cl. The predicted molar refractivity (Wildman–Crippen MR) is 62.5 cm³/mol. The van der Waals surface area contributed by atoms with E-state index in [1.54, 1.807) is 6.92 Å². The number of aromatic nitrogens is 2. The summed E-state index contributed by atoms with van der Waals surface area (Å²) >= 11 is 5.85. The van der Waals surface area contributed by atoms with Crippen molar-refractivity contribution >= 4 is 17.3 Å². The molecule has 1 aromatic rings. The van der Waals surface area contributed by atoms with Gasteiger partial charge in [0.05, 0.1) is 31.1 Å². The monoisotopic (exact) mass is 241 g/mol. The lowest BCUT2D eigenvalue weighted by atomic mass is 10.3. The van der Waals surface area contributed by atoms with Crippen LogP contribution in [0.4, 0.5) is 5.69 Å². The van der Waals surface area contributed by atoms with Crippen LogP contribution in [-0.4, -0.2) is 27.5 Å². The van der Waals surface area contributed by atoms with Crippen LogP contribution in [0, 0.1) is 12.3 Å². The van der Waals surface area contributed by atoms with Crippen LogP contribution in [0.2, 0.25) is 5.02 Å². The van der Waals surface area contributed by atoms with Crippen molar-refractivity contribution in [3.63, 3.8) is 0 Å². The minimum absolute atomic E-state index is 0.0190. The highest BCUT2D eigenvalue weighted by atomic mass is 35.5. The molecule has 0 bridgehead atoms. The fraction of sp³-hybridized carbons (Fsp3) is 0.400. The fourth-order valence-electron chi connectivity index (χ4n) is 1.09. The third-order valence-electron chi connectivity index (χ3n) is 1.92. The lowest BCUT2D eigenvalue weighted by Crippen LogP contribution is -2.26. The van der Waals surface area contributed by atoms with Crippen molar-refractivity contribution in [3.8, 4) is 12.3 Å². The molecule has 1 rings (SSSR count). The summed E-state index contributed by atoms with van der Waals surface area (Å²) in [7, 11) is 0. The Hall–Kier alpha value is -1.51. The zero-order valence-electron chi connectivity index (χ0n) is 8.77. The van der Waals surface area contributed by atoms with Crippen molar-refractivity contribution in [3.05, 3.63) is 21.6 Å². The first-order valence-electron chi connectivity index (χ1n) is 4.69. The van der Waals surface area contributed by atoms with Gasteiger partial charge in [-0.15, -0.1) is 6.42 Å². The molecule has 1 heterocycles. The Morgan fingerprint density at radius 3 is 3.06 bits per heavy atom. The third-order valence-corrected chi connectivity index (χ3v) is 2.28. The summed E-state index contributed by atoms with van der Waals surface area (Å²) < 4.78 is 1.09. The number of nitrogens with one attached hydrogen (secondary N) is 1. The molecule has 86 valence electrons. The minimum atomic E-state index is -0.454. The van der Waals surface area contributed by atoms with Gasteiger partial charge in [-0.1, -0.05) is 17.5 Å². The first kappa shape index (κ1) is 12.6. The molecular weight excluding hydrogens is 230 g/mol. The largest absolute Gasteiger partial charge is 0.394 e. The Labute approximate surface area is 98.0 Å². The molecule has 1 unspecified atom stereocenters. The van der Waals surface area contributed by atoms with Crippen molar-refractivity contribution < 1.29 is 5.11 Å². The smallest absolute Gasteiger partial charge is 0.287 e. The molecule has 2 N–H and O–H groups in total. The summed E-state index contributed by atoms with van der Waals surface area (Å²) in [5.41, 5.74) is -0.0590. The Kier molecular flexibility index (Phi) is 4.35. The number of hydrogen-bond acceptors (Lipinski definition) is 4. The van der Waals surface area contributed by atoms with E-state index in [2.05, 4.69) is 16.3 Å². The quantitative estimate of drug-likeness (QED) is 0.746. The zero-order chi connectivity index (χ0) is 12.1. The van der Waals surface area contributed by atoms with E-state index in [-0.39, 0.29) is 24.2 Å². The van der Waals surface area contributed by atoms with Gasteiger partial charge in [0, 0.05) is 0 Å². The second-order valence-electron chi connectivity index (χ2n) is 3.16. The molecule has 0 amide bonds. The Bertz CT molecular complexity index is 464. The van der Waals surface area contributed by atoms with Gasteiger partial charge in [0.15, 0.2) is 0 Å². The highest BCUT2D eigenvalue weighted by molar-refractivity contribution is 6.32. The van der Waals surface area contributed by atoms with Gasteiger partial charge < -0.3 is 10.4 Å². The van der Waals surface area contributed by atoms with Crippen molar-refractivity contribution in [1.82, 2.24) is 9.78 Å². The number of rotatable bonds is 4. The molecule has 0 aliphatic heterocycles. The fourth-order valence-corrected chi connectivity index (χ4v) is 1.30. The molecule has 0 spiro atoms. The van der Waals surface area contributed by atoms with Gasteiger partial charge in [0.2, 0.25) is 0 Å². The van der Waals surface area contributed by atoms with Crippen LogP contribution in [0.3, 0.4) is 0 Å². The summed E-state index contributed by atoms with van der Waals surface area (Å²) in [4.78, 5) is 11.6. The average Bonchev–Trinajstić information content (AvgIpc) is 2.28. The van der Waals surface area contributed by atoms with Gasteiger partial charge in [-0.25, -0.2) is 4.68 Å². The third kappa shape index (κ3) is 2.75. The van der Waals surface area contributed by atoms with E-state index in [1.165, 1.54) is 6.20 Å². The van der Waals surface area contributed by atoms with Crippen molar-refractivity contribution in [2.75, 3.05) is 11.9 Å². The van der Waals surface area contributed by atoms with E-state index >= 15 is 0 Å². The molecule has 1 aromatic heterocycles. The van der Waals surface area contributed by atoms with E-state index in [4.69, 9.17) is 23.1 Å². The van der Waals surface area contributed by atoms with Crippen LogP contribution in [0.1, 0.15) is 6.92 Å². The predicted octanol–water partition coefficient (Wildman–Crippen LogP) is 0.323. The lowest BCUT2D eigenvalue weighted by molar-refractivity contribution is 0.266. The summed E-state index contributed by atoms with van der Waals surface area (Å²) in [6.45, 7) is 1.70. The van der Waals surface area contributed by atoms with Crippen molar-refractivity contribution in [2.24, 2.45) is 0 Å². The topological polar surface area (TPSA) is 67.2 Å². The van der Waals surface area contributed by atoms with Gasteiger partial charge in [-0.3, -0.25) is 4.79 Å². The summed E-state index contributed by atoms with van der Waals surface area (Å²) in [6, 6.07) is -0.243. The van der Waals surface area contributed by atoms with E-state index in [9.17, 15) is 4.79 Å². The zero-order valence-corrected chi connectivity index (χ0v) is 9.53. The average molecular weight is 242 g/mol. The van der Waals surface area contributed by atoms with Crippen LogP contribution in [0.25, 0.3) is 0 Å². The van der Waals surface area contributed by atoms with E-state index in [0.717, 1.165) is 4.68 Å². The van der Waals surface area contributed by atoms with Crippen LogP contribution >= 0.6 is 11.6 Å². The van der Waals surface area contributed by atoms with E-state index in [1.807, 2.05) is 0 Å². The van der Waals surface area contributed by atoms with Gasteiger partial charge >= 0.3 is 0 Å². The first-order valence-corrected chi connectivity index (χ1v) is 5.07. The number of terminal acetylenes is 1. The van der Waals surface area contributed by atoms with Gasteiger partial charge in [-0.2, -0.15) is 5.10 Å². The maximum atomic E-state index is 11.6. The molecule has 1 atom stereocenters. The lowest BCUT2D eigenvalue weighted by Gasteiger charge is -2.11. The maximum absolute atomic E-state index is 11.6. The van der Waals surface area contributed by atoms with Gasteiger partial charge in [-0.05, 0) is 6.92 Å². The van der Waals surface area contributed by atoms with Crippen molar-refractivity contribution in [2.45, 2.75) is 19.5 Å². The number of nitrogens with zero attached hydrogens (tertiary/aromatic N) is 2. The molecule has 0 aromatic carbocycles. The Balaban J connectivity index is 3.03. The number of aliphatic hydroxyl groups excluding tert-OH is 1. The summed E-state index contributed by atoms with van der Waals surface area (Å²) in [5.74, 6) is 2.45. The number of halogens is 1. The van der Waals surface area contributed by atoms with E-state index in [0.29, 0.717) is 5.69 Å². The molecule has 5 nitrogen and oxygen atoms in total. The highest BCUT2D eigenvalue weighted by Gasteiger charge is 2.09. The molecule has 6 heteroatoms. The van der Waals surface area contributed by atoms with Crippen LogP contribution in [-0.2, 0) is 6.54 Å². The minimum Gasteiger partial charge on any atom is -0.394 e. The Morgan fingerprint density at radius 1 is 1.81 bits per heavy atom. The Morgan fingerprint density at radius 2 is 2.50 bits per heavy atom. The second-order valence-corrected chi connectivity index (χ2v) is 3.53. The molecule has 0 saturated carbocycles. The number of hydrogen-bond donors (Lipinski definition) is 2. The van der Waals surface area contributed by atoms with Crippen molar-refractivity contribution in [1.29, 1.82) is 0 Å². The van der Waals surface area contributed by atoms with Crippen LogP contribution in [0.15, 0.2) is 11.0 Å². The molecule has 0 aliphatic carbocycles. The van der Waals surface area contributed by atoms with Gasteiger partial charge in [0.1, 0.15) is 5.02 Å². The molecular formula is C10H12ClN3O2. The summed E-state index contributed by atoms with van der Waals surface area (Å²) in [6.07, 6.45) is 6.60. The second kappa shape index (κ2) is 5.54. The van der Waals surface area contributed by atoms with E-state index < -0.39 is 5.56 Å². The number of anilines is 1. The summed E-state index contributed by atoms with van der Waals surface area (Å²) in [5, 5.41) is 15.4. The molecule has 16 heavy (non-hydrogen) atoms. The molecule has 0 radical (unpaired) electrons. The van der Waals surface area contributed by atoms with Gasteiger partial charge in [0.25, 0.3) is 5.56 Å². The maximum Gasteiger partial charge on any atom is 0.287 e. The standard InChI is InChI=1S/C10H12ClN3O2/c1-3-7(2)13-8-6-12-14(4-5-15)10(16)9(8)11/h1,6-7,13,15H,4-5H2,2H3. The van der Waals surface area contributed by atoms with Crippen LogP contribution in [0.5, 0.6) is 0 Å². The molecule has 0 aliphatic rings. The molecule has 0 saturated heterocycles. The number of aliphatic hydroxyl groups is 1. The van der Waals surface area contributed by atoms with Crippen LogP contribution < -0.4 is 10.9 Å². The highest BCUT2D eigenvalue weighted by Crippen LogP contribution is 2.15. The normalized spacial score (nSPS) is 11.9.